The maximum absolute atomic E-state index is 11.7. The Morgan fingerprint density at radius 3 is 2.37 bits per heavy atom. The van der Waals surface area contributed by atoms with Gasteiger partial charge in [0.15, 0.2) is 0 Å². The fourth-order valence-electron chi connectivity index (χ4n) is 1.79. The van der Waals surface area contributed by atoms with Crippen LogP contribution in [0.4, 0.5) is 5.69 Å². The van der Waals surface area contributed by atoms with E-state index in [0.29, 0.717) is 17.6 Å². The van der Waals surface area contributed by atoms with Crippen LogP contribution < -0.4 is 4.72 Å². The fraction of sp³-hybridized carbons (Fsp3) is 0.385. The van der Waals surface area contributed by atoms with E-state index in [4.69, 9.17) is 0 Å². The van der Waals surface area contributed by atoms with Gasteiger partial charge >= 0.3 is 0 Å². The van der Waals surface area contributed by atoms with Crippen molar-refractivity contribution in [3.05, 3.63) is 29.6 Å². The van der Waals surface area contributed by atoms with E-state index in [1.54, 1.807) is 18.2 Å². The minimum atomic E-state index is -3.27. The summed E-state index contributed by atoms with van der Waals surface area (Å²) in [6, 6.07) is 5.19. The molecule has 0 aliphatic heterocycles. The highest BCUT2D eigenvalue weighted by Gasteiger charge is 2.10. The first kappa shape index (κ1) is 13.7. The van der Waals surface area contributed by atoms with Crippen LogP contribution in [0.1, 0.15) is 24.7 Å². The minimum absolute atomic E-state index is 0.115. The quantitative estimate of drug-likeness (QED) is 0.932. The Hall–Kier alpha value is -1.69. The highest BCUT2D eigenvalue weighted by atomic mass is 32.2. The second-order valence-corrected chi connectivity index (χ2v) is 6.36. The number of anilines is 1. The lowest BCUT2D eigenvalue weighted by molar-refractivity contribution is 0.600. The molecule has 0 aliphatic carbocycles. The third-order valence-electron chi connectivity index (χ3n) is 2.82. The Kier molecular flexibility index (Phi) is 3.71. The third kappa shape index (κ3) is 3.20. The van der Waals surface area contributed by atoms with Crippen LogP contribution in [0.5, 0.6) is 0 Å². The molecular formula is C13H17N3O2S. The van der Waals surface area contributed by atoms with E-state index in [-0.39, 0.29) is 5.75 Å². The second kappa shape index (κ2) is 5.13. The van der Waals surface area contributed by atoms with Gasteiger partial charge in [-0.2, -0.15) is 0 Å². The smallest absolute Gasteiger partial charge is 0.232 e. The normalized spacial score (nSPS) is 11.7. The lowest BCUT2D eigenvalue weighted by atomic mass is 10.2. The van der Waals surface area contributed by atoms with Crippen molar-refractivity contribution < 1.29 is 8.42 Å². The van der Waals surface area contributed by atoms with Gasteiger partial charge in [-0.15, -0.1) is 0 Å². The molecule has 0 saturated heterocycles. The predicted molar refractivity (Wildman–Crippen MR) is 76.7 cm³/mol. The average Bonchev–Trinajstić information content (AvgIpc) is 2.30. The molecule has 0 fully saturated rings. The number of nitrogens with one attached hydrogen (secondary N) is 1. The van der Waals surface area contributed by atoms with Crippen molar-refractivity contribution >= 4 is 26.7 Å². The van der Waals surface area contributed by atoms with Crippen molar-refractivity contribution in [3.8, 4) is 0 Å². The number of fused-ring (bicyclic) bond motifs is 1. The number of benzene rings is 1. The molecule has 0 saturated carbocycles. The molecule has 0 unspecified atom stereocenters. The summed E-state index contributed by atoms with van der Waals surface area (Å²) in [6.07, 6.45) is 0.584. The van der Waals surface area contributed by atoms with Crippen LogP contribution in [0.3, 0.4) is 0 Å². The summed E-state index contributed by atoms with van der Waals surface area (Å²) in [5.74, 6) is 0.115. The average molecular weight is 279 g/mol. The van der Waals surface area contributed by atoms with Crippen LogP contribution in [-0.2, 0) is 10.0 Å². The van der Waals surface area contributed by atoms with Gasteiger partial charge in [-0.05, 0) is 38.5 Å². The summed E-state index contributed by atoms with van der Waals surface area (Å²) in [5, 5.41) is 0. The molecule has 19 heavy (non-hydrogen) atoms. The molecule has 2 aromatic rings. The number of sulfonamides is 1. The maximum Gasteiger partial charge on any atom is 0.232 e. The first-order valence-electron chi connectivity index (χ1n) is 6.17. The topological polar surface area (TPSA) is 72.0 Å². The molecular weight excluding hydrogens is 262 g/mol. The third-order valence-corrected chi connectivity index (χ3v) is 4.31. The molecule has 0 radical (unpaired) electrons. The largest absolute Gasteiger partial charge is 0.283 e. The first-order valence-corrected chi connectivity index (χ1v) is 7.82. The number of aromatic nitrogens is 2. The zero-order valence-corrected chi connectivity index (χ0v) is 12.1. The monoisotopic (exact) mass is 279 g/mol. The van der Waals surface area contributed by atoms with Gasteiger partial charge in [0.1, 0.15) is 0 Å². The van der Waals surface area contributed by atoms with E-state index >= 15 is 0 Å². The first-order chi connectivity index (χ1) is 8.91. The Labute approximate surface area is 113 Å². The maximum atomic E-state index is 11.7. The van der Waals surface area contributed by atoms with Gasteiger partial charge in [0, 0.05) is 0 Å². The van der Waals surface area contributed by atoms with Gasteiger partial charge in [0.25, 0.3) is 0 Å². The van der Waals surface area contributed by atoms with Crippen molar-refractivity contribution in [1.29, 1.82) is 0 Å². The van der Waals surface area contributed by atoms with Crippen LogP contribution in [0.25, 0.3) is 11.0 Å². The van der Waals surface area contributed by atoms with Crippen molar-refractivity contribution in [2.75, 3.05) is 10.5 Å². The molecule has 6 heteroatoms. The van der Waals surface area contributed by atoms with E-state index in [1.807, 2.05) is 20.8 Å². The van der Waals surface area contributed by atoms with Gasteiger partial charge in [-0.1, -0.05) is 6.92 Å². The van der Waals surface area contributed by atoms with Crippen LogP contribution in [-0.4, -0.2) is 24.1 Å². The van der Waals surface area contributed by atoms with E-state index < -0.39 is 10.0 Å². The molecule has 1 heterocycles. The summed E-state index contributed by atoms with van der Waals surface area (Å²) in [7, 11) is -3.27. The van der Waals surface area contributed by atoms with Crippen LogP contribution in [0.15, 0.2) is 18.2 Å². The predicted octanol–water partition coefficient (Wildman–Crippen LogP) is 2.40. The van der Waals surface area contributed by atoms with Gasteiger partial charge in [0.2, 0.25) is 10.0 Å². The molecule has 0 amide bonds. The Morgan fingerprint density at radius 2 is 1.74 bits per heavy atom. The minimum Gasteiger partial charge on any atom is -0.283 e. The van der Waals surface area contributed by atoms with Crippen LogP contribution in [0, 0.1) is 13.8 Å². The van der Waals surface area contributed by atoms with Gasteiger partial charge in [-0.25, -0.2) is 18.4 Å². The summed E-state index contributed by atoms with van der Waals surface area (Å²) in [5.41, 5.74) is 3.72. The zero-order valence-electron chi connectivity index (χ0n) is 11.3. The number of nitrogens with zero attached hydrogens (tertiary/aromatic N) is 2. The Bertz CT molecular complexity index is 711. The molecule has 0 bridgehead atoms. The van der Waals surface area contributed by atoms with E-state index in [2.05, 4.69) is 14.7 Å². The lowest BCUT2D eigenvalue weighted by Gasteiger charge is -2.08. The molecule has 1 N–H and O–H groups in total. The Morgan fingerprint density at radius 1 is 1.11 bits per heavy atom. The van der Waals surface area contributed by atoms with Crippen molar-refractivity contribution in [3.63, 3.8) is 0 Å². The molecule has 102 valence electrons. The highest BCUT2D eigenvalue weighted by Crippen LogP contribution is 2.18. The van der Waals surface area contributed by atoms with E-state index in [1.165, 1.54) is 0 Å². The Balaban J connectivity index is 2.39. The van der Waals surface area contributed by atoms with Crippen molar-refractivity contribution in [1.82, 2.24) is 9.97 Å². The molecule has 5 nitrogen and oxygen atoms in total. The molecule has 1 aromatic carbocycles. The second-order valence-electron chi connectivity index (χ2n) is 4.52. The number of hydrogen-bond donors (Lipinski definition) is 1. The van der Waals surface area contributed by atoms with Gasteiger partial charge in [-0.3, -0.25) is 4.72 Å². The standard InChI is InChI=1S/C13H17N3O2S/c1-4-7-19(17,18)16-11-5-6-12-13(8-11)15-10(3)9(2)14-12/h5-6,8,16H,4,7H2,1-3H3. The molecule has 2 rings (SSSR count). The molecule has 0 spiro atoms. The summed E-state index contributed by atoms with van der Waals surface area (Å²) < 4.78 is 26.0. The van der Waals surface area contributed by atoms with E-state index in [0.717, 1.165) is 16.9 Å². The summed E-state index contributed by atoms with van der Waals surface area (Å²) >= 11 is 0. The SMILES string of the molecule is CCCS(=O)(=O)Nc1ccc2nc(C)c(C)nc2c1. The van der Waals surface area contributed by atoms with Gasteiger partial charge in [0.05, 0.1) is 33.9 Å². The van der Waals surface area contributed by atoms with Gasteiger partial charge < -0.3 is 0 Å². The van der Waals surface area contributed by atoms with Crippen molar-refractivity contribution in [2.24, 2.45) is 0 Å². The van der Waals surface area contributed by atoms with Crippen LogP contribution >= 0.6 is 0 Å². The highest BCUT2D eigenvalue weighted by molar-refractivity contribution is 7.92. The molecule has 0 aliphatic rings. The molecule has 1 aromatic heterocycles. The molecule has 0 atom stereocenters. The lowest BCUT2D eigenvalue weighted by Crippen LogP contribution is -2.16. The zero-order chi connectivity index (χ0) is 14.0. The van der Waals surface area contributed by atoms with E-state index in [9.17, 15) is 8.42 Å². The number of rotatable bonds is 4. The van der Waals surface area contributed by atoms with Crippen LogP contribution in [0.2, 0.25) is 0 Å². The summed E-state index contributed by atoms with van der Waals surface area (Å²) in [6.45, 7) is 5.62. The summed E-state index contributed by atoms with van der Waals surface area (Å²) in [4.78, 5) is 8.82. The van der Waals surface area contributed by atoms with Crippen molar-refractivity contribution in [2.45, 2.75) is 27.2 Å². The fourth-order valence-corrected chi connectivity index (χ4v) is 2.92. The number of hydrogen-bond acceptors (Lipinski definition) is 4. The number of aryl methyl sites for hydroxylation is 2.